The van der Waals surface area contributed by atoms with Gasteiger partial charge in [0.2, 0.25) is 0 Å². The maximum atomic E-state index is 11.4. The number of benzene rings is 2. The molecule has 1 atom stereocenters. The lowest BCUT2D eigenvalue weighted by Crippen LogP contribution is -2.25. The molecule has 2 aromatic rings. The fourth-order valence-corrected chi connectivity index (χ4v) is 2.26. The Morgan fingerprint density at radius 2 is 2.00 bits per heavy atom. The first-order chi connectivity index (χ1) is 10.1. The molecule has 0 bridgehead atoms. The van der Waals surface area contributed by atoms with Crippen molar-refractivity contribution in [2.24, 2.45) is 0 Å². The Balaban J connectivity index is 1.78. The van der Waals surface area contributed by atoms with E-state index in [0.717, 1.165) is 11.3 Å². The number of phenols is 1. The first-order valence-electron chi connectivity index (χ1n) is 6.74. The van der Waals surface area contributed by atoms with E-state index >= 15 is 0 Å². The van der Waals surface area contributed by atoms with Crippen molar-refractivity contribution in [1.82, 2.24) is 0 Å². The van der Waals surface area contributed by atoms with Gasteiger partial charge in [-0.3, -0.25) is 4.79 Å². The number of carbonyl (C=O) groups excluding carboxylic acids is 1. The second-order valence-electron chi connectivity index (χ2n) is 5.01. The minimum absolute atomic E-state index is 0.0543. The van der Waals surface area contributed by atoms with Gasteiger partial charge in [-0.2, -0.15) is 0 Å². The van der Waals surface area contributed by atoms with Crippen LogP contribution in [0.4, 0.5) is 11.4 Å². The average molecular weight is 284 g/mol. The summed E-state index contributed by atoms with van der Waals surface area (Å²) in [4.78, 5) is 11.4. The van der Waals surface area contributed by atoms with Crippen LogP contribution in [0.25, 0.3) is 0 Å². The largest absolute Gasteiger partial charge is 0.508 e. The standard InChI is InChI=1S/C16H16N2O3/c1-10(17-12-3-5-13(19)6-4-12)11-2-7-15-14(8-11)18-16(20)9-21-15/h2-8,10,17,19H,9H2,1H3,(H,18,20). The van der Waals surface area contributed by atoms with Crippen molar-refractivity contribution in [1.29, 1.82) is 0 Å². The van der Waals surface area contributed by atoms with E-state index in [0.29, 0.717) is 11.4 Å². The van der Waals surface area contributed by atoms with Crippen molar-refractivity contribution in [3.05, 3.63) is 48.0 Å². The van der Waals surface area contributed by atoms with Crippen molar-refractivity contribution < 1.29 is 14.6 Å². The predicted octanol–water partition coefficient (Wildman–Crippen LogP) is 2.90. The van der Waals surface area contributed by atoms with Crippen LogP contribution in [-0.4, -0.2) is 17.6 Å². The Bertz CT molecular complexity index is 668. The van der Waals surface area contributed by atoms with E-state index in [2.05, 4.69) is 10.6 Å². The number of anilines is 2. The molecule has 1 aliphatic rings. The molecule has 3 rings (SSSR count). The fourth-order valence-electron chi connectivity index (χ4n) is 2.26. The zero-order chi connectivity index (χ0) is 14.8. The first kappa shape index (κ1) is 13.3. The number of fused-ring (bicyclic) bond motifs is 1. The lowest BCUT2D eigenvalue weighted by molar-refractivity contribution is -0.118. The molecule has 0 saturated carbocycles. The van der Waals surface area contributed by atoms with E-state index in [1.165, 1.54) is 0 Å². The molecule has 2 aromatic carbocycles. The molecular weight excluding hydrogens is 268 g/mol. The van der Waals surface area contributed by atoms with E-state index in [9.17, 15) is 9.90 Å². The molecule has 0 aliphatic carbocycles. The minimum atomic E-state index is -0.140. The number of nitrogens with one attached hydrogen (secondary N) is 2. The molecule has 3 N–H and O–H groups in total. The van der Waals surface area contributed by atoms with Crippen LogP contribution in [0, 0.1) is 0 Å². The molecule has 0 aromatic heterocycles. The van der Waals surface area contributed by atoms with E-state index in [1.807, 2.05) is 37.3 Å². The fraction of sp³-hybridized carbons (Fsp3) is 0.188. The average Bonchev–Trinajstić information content (AvgIpc) is 2.48. The first-order valence-corrected chi connectivity index (χ1v) is 6.74. The summed E-state index contributed by atoms with van der Waals surface area (Å²) in [6, 6.07) is 12.7. The minimum Gasteiger partial charge on any atom is -0.508 e. The summed E-state index contributed by atoms with van der Waals surface area (Å²) in [6.45, 7) is 2.09. The van der Waals surface area contributed by atoms with Crippen LogP contribution in [0.2, 0.25) is 0 Å². The maximum absolute atomic E-state index is 11.4. The van der Waals surface area contributed by atoms with Crippen LogP contribution >= 0.6 is 0 Å². The number of phenolic OH excluding ortho intramolecular Hbond substituents is 1. The summed E-state index contributed by atoms with van der Waals surface area (Å²) in [6.07, 6.45) is 0. The molecule has 0 fully saturated rings. The maximum Gasteiger partial charge on any atom is 0.262 e. The molecule has 108 valence electrons. The van der Waals surface area contributed by atoms with Gasteiger partial charge in [-0.15, -0.1) is 0 Å². The summed E-state index contributed by atoms with van der Waals surface area (Å²) in [5.74, 6) is 0.788. The van der Waals surface area contributed by atoms with Crippen molar-refractivity contribution in [3.63, 3.8) is 0 Å². The van der Waals surface area contributed by atoms with Gasteiger partial charge in [0.05, 0.1) is 5.69 Å². The molecule has 0 saturated heterocycles. The Morgan fingerprint density at radius 1 is 1.24 bits per heavy atom. The topological polar surface area (TPSA) is 70.6 Å². The number of amides is 1. The summed E-state index contributed by atoms with van der Waals surface area (Å²) in [5, 5.41) is 15.4. The zero-order valence-corrected chi connectivity index (χ0v) is 11.6. The molecule has 1 amide bonds. The van der Waals surface area contributed by atoms with Crippen LogP contribution in [0.5, 0.6) is 11.5 Å². The van der Waals surface area contributed by atoms with E-state index in [4.69, 9.17) is 4.74 Å². The SMILES string of the molecule is CC(Nc1ccc(O)cc1)c1ccc2c(c1)NC(=O)CO2. The smallest absolute Gasteiger partial charge is 0.262 e. The highest BCUT2D eigenvalue weighted by atomic mass is 16.5. The summed E-state index contributed by atoms with van der Waals surface area (Å²) >= 11 is 0. The summed E-state index contributed by atoms with van der Waals surface area (Å²) in [5.41, 5.74) is 2.65. The van der Waals surface area contributed by atoms with Crippen molar-refractivity contribution in [3.8, 4) is 11.5 Å². The number of hydrogen-bond acceptors (Lipinski definition) is 4. The van der Waals surface area contributed by atoms with Crippen LogP contribution in [0.3, 0.4) is 0 Å². The van der Waals surface area contributed by atoms with Gasteiger partial charge >= 0.3 is 0 Å². The van der Waals surface area contributed by atoms with Crippen LogP contribution < -0.4 is 15.4 Å². The second kappa shape index (κ2) is 5.36. The highest BCUT2D eigenvalue weighted by Gasteiger charge is 2.17. The molecule has 1 unspecified atom stereocenters. The van der Waals surface area contributed by atoms with Gasteiger partial charge in [0.15, 0.2) is 6.61 Å². The molecule has 0 spiro atoms. The lowest BCUT2D eigenvalue weighted by Gasteiger charge is -2.21. The van der Waals surface area contributed by atoms with Crippen LogP contribution in [0.1, 0.15) is 18.5 Å². The Morgan fingerprint density at radius 3 is 2.76 bits per heavy atom. The third kappa shape index (κ3) is 2.91. The molecule has 5 nitrogen and oxygen atoms in total. The van der Waals surface area contributed by atoms with E-state index in [-0.39, 0.29) is 24.3 Å². The Labute approximate surface area is 122 Å². The quantitative estimate of drug-likeness (QED) is 0.758. The normalized spacial score (nSPS) is 14.6. The van der Waals surface area contributed by atoms with Gasteiger partial charge in [0, 0.05) is 11.7 Å². The molecule has 1 heterocycles. The van der Waals surface area contributed by atoms with Crippen LogP contribution in [0.15, 0.2) is 42.5 Å². The number of hydrogen-bond donors (Lipinski definition) is 3. The molecule has 0 radical (unpaired) electrons. The number of aromatic hydroxyl groups is 1. The number of carbonyl (C=O) groups is 1. The van der Waals surface area contributed by atoms with Crippen molar-refractivity contribution in [2.75, 3.05) is 17.2 Å². The molecular formula is C16H16N2O3. The second-order valence-corrected chi connectivity index (χ2v) is 5.01. The van der Waals surface area contributed by atoms with Gasteiger partial charge in [-0.05, 0) is 48.9 Å². The van der Waals surface area contributed by atoms with Crippen LogP contribution in [-0.2, 0) is 4.79 Å². The van der Waals surface area contributed by atoms with Crippen molar-refractivity contribution in [2.45, 2.75) is 13.0 Å². The van der Waals surface area contributed by atoms with Gasteiger partial charge in [-0.1, -0.05) is 6.07 Å². The van der Waals surface area contributed by atoms with Gasteiger partial charge in [0.25, 0.3) is 5.91 Å². The molecule has 21 heavy (non-hydrogen) atoms. The predicted molar refractivity (Wildman–Crippen MR) is 80.7 cm³/mol. The number of rotatable bonds is 3. The lowest BCUT2D eigenvalue weighted by atomic mass is 10.1. The monoisotopic (exact) mass is 284 g/mol. The summed E-state index contributed by atoms with van der Waals surface area (Å²) < 4.78 is 5.34. The van der Waals surface area contributed by atoms with Gasteiger partial charge < -0.3 is 20.5 Å². The highest BCUT2D eigenvalue weighted by Crippen LogP contribution is 2.31. The third-order valence-electron chi connectivity index (χ3n) is 3.39. The summed E-state index contributed by atoms with van der Waals surface area (Å²) in [7, 11) is 0. The molecule has 5 heteroatoms. The Hall–Kier alpha value is -2.69. The molecule has 1 aliphatic heterocycles. The third-order valence-corrected chi connectivity index (χ3v) is 3.39. The van der Waals surface area contributed by atoms with E-state index < -0.39 is 0 Å². The van der Waals surface area contributed by atoms with Gasteiger partial charge in [-0.25, -0.2) is 0 Å². The van der Waals surface area contributed by atoms with Crippen molar-refractivity contribution >= 4 is 17.3 Å². The highest BCUT2D eigenvalue weighted by molar-refractivity contribution is 5.95. The van der Waals surface area contributed by atoms with Gasteiger partial charge in [0.1, 0.15) is 11.5 Å². The number of ether oxygens (including phenoxy) is 1. The Kier molecular flexibility index (Phi) is 3.39. The van der Waals surface area contributed by atoms with E-state index in [1.54, 1.807) is 12.1 Å². The zero-order valence-electron chi connectivity index (χ0n) is 11.6.